The SMILES string of the molecule is COc1cc(CN2CCC(N3CCNCC3)C2)c(-c2ccccc2)cc1OC.Cl. The number of methoxy groups -OCH3 is 2. The summed E-state index contributed by atoms with van der Waals surface area (Å²) in [5.41, 5.74) is 3.74. The van der Waals surface area contributed by atoms with E-state index in [1.165, 1.54) is 36.2 Å². The molecule has 2 aliphatic rings. The number of halogens is 1. The Hall–Kier alpha value is -1.79. The van der Waals surface area contributed by atoms with Crippen LogP contribution in [0.1, 0.15) is 12.0 Å². The molecule has 4 rings (SSSR count). The van der Waals surface area contributed by atoms with Gasteiger partial charge in [0.1, 0.15) is 0 Å². The first kappa shape index (κ1) is 21.9. The first-order chi connectivity index (χ1) is 13.8. The number of ether oxygens (including phenoxy) is 2. The number of nitrogens with zero attached hydrogens (tertiary/aromatic N) is 2. The molecule has 5 nitrogen and oxygen atoms in total. The van der Waals surface area contributed by atoms with Gasteiger partial charge in [0, 0.05) is 51.9 Å². The van der Waals surface area contributed by atoms with E-state index in [0.29, 0.717) is 6.04 Å². The molecule has 2 fully saturated rings. The van der Waals surface area contributed by atoms with E-state index in [1.54, 1.807) is 14.2 Å². The van der Waals surface area contributed by atoms with Crippen LogP contribution in [0.15, 0.2) is 42.5 Å². The zero-order valence-electron chi connectivity index (χ0n) is 17.4. The average Bonchev–Trinajstić information content (AvgIpc) is 3.23. The lowest BCUT2D eigenvalue weighted by Crippen LogP contribution is -2.49. The zero-order valence-corrected chi connectivity index (χ0v) is 18.2. The molecule has 1 unspecified atom stereocenters. The number of piperazine rings is 1. The Kier molecular flexibility index (Phi) is 7.78. The molecule has 0 spiro atoms. The number of hydrogen-bond acceptors (Lipinski definition) is 5. The maximum Gasteiger partial charge on any atom is 0.161 e. The van der Waals surface area contributed by atoms with E-state index in [4.69, 9.17) is 9.47 Å². The molecule has 0 aromatic heterocycles. The minimum Gasteiger partial charge on any atom is -0.493 e. The first-order valence-electron chi connectivity index (χ1n) is 10.3. The highest BCUT2D eigenvalue weighted by Gasteiger charge is 2.29. The molecule has 2 saturated heterocycles. The Morgan fingerprint density at radius 2 is 1.66 bits per heavy atom. The summed E-state index contributed by atoms with van der Waals surface area (Å²) in [6.45, 7) is 7.80. The van der Waals surface area contributed by atoms with Crippen LogP contribution >= 0.6 is 12.4 Å². The third-order valence-electron chi connectivity index (χ3n) is 6.00. The van der Waals surface area contributed by atoms with Crippen LogP contribution in [-0.2, 0) is 6.54 Å². The predicted molar refractivity (Wildman–Crippen MR) is 120 cm³/mol. The third-order valence-corrected chi connectivity index (χ3v) is 6.00. The van der Waals surface area contributed by atoms with Gasteiger partial charge in [-0.3, -0.25) is 9.80 Å². The number of benzene rings is 2. The molecule has 158 valence electrons. The van der Waals surface area contributed by atoms with Gasteiger partial charge in [0.25, 0.3) is 0 Å². The summed E-state index contributed by atoms with van der Waals surface area (Å²) in [6.07, 6.45) is 1.26. The summed E-state index contributed by atoms with van der Waals surface area (Å²) in [6, 6.07) is 15.5. The summed E-state index contributed by atoms with van der Waals surface area (Å²) in [7, 11) is 3.41. The van der Waals surface area contributed by atoms with E-state index in [-0.39, 0.29) is 12.4 Å². The van der Waals surface area contributed by atoms with Gasteiger partial charge < -0.3 is 14.8 Å². The van der Waals surface area contributed by atoms with Crippen LogP contribution in [0.5, 0.6) is 11.5 Å². The lowest BCUT2D eigenvalue weighted by Gasteiger charge is -2.32. The number of likely N-dealkylation sites (tertiary alicyclic amines) is 1. The highest BCUT2D eigenvalue weighted by Crippen LogP contribution is 2.36. The van der Waals surface area contributed by atoms with Crippen molar-refractivity contribution in [3.05, 3.63) is 48.0 Å². The van der Waals surface area contributed by atoms with Gasteiger partial charge >= 0.3 is 0 Å². The number of rotatable bonds is 6. The monoisotopic (exact) mass is 417 g/mol. The van der Waals surface area contributed by atoms with Crippen molar-refractivity contribution in [1.29, 1.82) is 0 Å². The average molecular weight is 418 g/mol. The molecule has 0 aliphatic carbocycles. The molecular formula is C23H32ClN3O2. The smallest absolute Gasteiger partial charge is 0.161 e. The van der Waals surface area contributed by atoms with Gasteiger partial charge in [0.2, 0.25) is 0 Å². The van der Waals surface area contributed by atoms with Crippen LogP contribution in [0.4, 0.5) is 0 Å². The lowest BCUT2D eigenvalue weighted by molar-refractivity contribution is 0.170. The third kappa shape index (κ3) is 5.04. The van der Waals surface area contributed by atoms with Crippen LogP contribution in [0.3, 0.4) is 0 Å². The highest BCUT2D eigenvalue weighted by molar-refractivity contribution is 5.85. The van der Waals surface area contributed by atoms with Crippen molar-refractivity contribution < 1.29 is 9.47 Å². The van der Waals surface area contributed by atoms with Crippen molar-refractivity contribution in [1.82, 2.24) is 15.1 Å². The maximum absolute atomic E-state index is 5.59. The predicted octanol–water partition coefficient (Wildman–Crippen LogP) is 3.27. The Bertz CT molecular complexity index is 781. The molecule has 2 aromatic carbocycles. The summed E-state index contributed by atoms with van der Waals surface area (Å²) < 4.78 is 11.2. The van der Waals surface area contributed by atoms with E-state index in [0.717, 1.165) is 44.2 Å². The maximum atomic E-state index is 5.59. The van der Waals surface area contributed by atoms with E-state index < -0.39 is 0 Å². The second-order valence-electron chi connectivity index (χ2n) is 7.69. The summed E-state index contributed by atoms with van der Waals surface area (Å²) in [5.74, 6) is 1.58. The fourth-order valence-electron chi connectivity index (χ4n) is 4.48. The Morgan fingerprint density at radius 1 is 0.966 bits per heavy atom. The highest BCUT2D eigenvalue weighted by atomic mass is 35.5. The van der Waals surface area contributed by atoms with Crippen molar-refractivity contribution in [3.63, 3.8) is 0 Å². The van der Waals surface area contributed by atoms with Crippen molar-refractivity contribution in [3.8, 4) is 22.6 Å². The zero-order chi connectivity index (χ0) is 19.3. The number of hydrogen-bond donors (Lipinski definition) is 1. The van der Waals surface area contributed by atoms with Crippen LogP contribution in [-0.4, -0.2) is 69.3 Å². The Balaban J connectivity index is 0.00000240. The Labute approximate surface area is 180 Å². The van der Waals surface area contributed by atoms with Gasteiger partial charge in [-0.1, -0.05) is 30.3 Å². The second-order valence-corrected chi connectivity index (χ2v) is 7.69. The van der Waals surface area contributed by atoms with Gasteiger partial charge in [-0.25, -0.2) is 0 Å². The van der Waals surface area contributed by atoms with E-state index in [9.17, 15) is 0 Å². The molecule has 0 radical (unpaired) electrons. The minimum absolute atomic E-state index is 0. The minimum atomic E-state index is 0. The molecule has 0 amide bonds. The fraction of sp³-hybridized carbons (Fsp3) is 0.478. The summed E-state index contributed by atoms with van der Waals surface area (Å²) in [4.78, 5) is 5.24. The standard InChI is InChI=1S/C23H31N3O2.ClH/c1-27-22-14-19(21(15-23(22)28-2)18-6-4-3-5-7-18)16-25-11-8-20(17-25)26-12-9-24-10-13-26;/h3-7,14-15,20,24H,8-13,16-17H2,1-2H3;1H. The van der Waals surface area contributed by atoms with Crippen LogP contribution < -0.4 is 14.8 Å². The van der Waals surface area contributed by atoms with E-state index in [1.807, 2.05) is 0 Å². The molecule has 2 heterocycles. The quantitative estimate of drug-likeness (QED) is 0.780. The second kappa shape index (κ2) is 10.3. The van der Waals surface area contributed by atoms with Crippen LogP contribution in [0.2, 0.25) is 0 Å². The Morgan fingerprint density at radius 3 is 2.34 bits per heavy atom. The topological polar surface area (TPSA) is 37.0 Å². The van der Waals surface area contributed by atoms with Crippen molar-refractivity contribution in [2.45, 2.75) is 19.0 Å². The molecule has 6 heteroatoms. The van der Waals surface area contributed by atoms with Crippen molar-refractivity contribution >= 4 is 12.4 Å². The van der Waals surface area contributed by atoms with Gasteiger partial charge in [-0.2, -0.15) is 0 Å². The van der Waals surface area contributed by atoms with Crippen molar-refractivity contribution in [2.24, 2.45) is 0 Å². The molecule has 29 heavy (non-hydrogen) atoms. The van der Waals surface area contributed by atoms with Gasteiger partial charge in [0.15, 0.2) is 11.5 Å². The molecule has 2 aromatic rings. The van der Waals surface area contributed by atoms with Crippen LogP contribution in [0.25, 0.3) is 11.1 Å². The molecule has 2 aliphatic heterocycles. The van der Waals surface area contributed by atoms with Crippen LogP contribution in [0, 0.1) is 0 Å². The van der Waals surface area contributed by atoms with E-state index in [2.05, 4.69) is 57.6 Å². The lowest BCUT2D eigenvalue weighted by atomic mass is 9.98. The number of nitrogens with one attached hydrogen (secondary N) is 1. The van der Waals surface area contributed by atoms with Gasteiger partial charge in [0.05, 0.1) is 14.2 Å². The normalized spacial score (nSPS) is 20.3. The van der Waals surface area contributed by atoms with Crippen molar-refractivity contribution in [2.75, 3.05) is 53.5 Å². The fourth-order valence-corrected chi connectivity index (χ4v) is 4.48. The van der Waals surface area contributed by atoms with E-state index >= 15 is 0 Å². The van der Waals surface area contributed by atoms with Gasteiger partial charge in [-0.15, -0.1) is 12.4 Å². The summed E-state index contributed by atoms with van der Waals surface area (Å²) >= 11 is 0. The molecule has 0 bridgehead atoms. The van der Waals surface area contributed by atoms with Gasteiger partial charge in [-0.05, 0) is 35.2 Å². The molecule has 0 saturated carbocycles. The molecular weight excluding hydrogens is 386 g/mol. The first-order valence-corrected chi connectivity index (χ1v) is 10.3. The summed E-state index contributed by atoms with van der Waals surface area (Å²) in [5, 5.41) is 3.46. The molecule has 1 N–H and O–H groups in total. The molecule has 1 atom stereocenters. The largest absolute Gasteiger partial charge is 0.493 e.